The van der Waals surface area contributed by atoms with Gasteiger partial charge in [-0.15, -0.1) is 0 Å². The van der Waals surface area contributed by atoms with Crippen molar-refractivity contribution in [1.82, 2.24) is 0 Å². The topological polar surface area (TPSA) is 237 Å². The van der Waals surface area contributed by atoms with Crippen LogP contribution in [0.4, 0.5) is 0 Å². The monoisotopic (exact) mass is 1350 g/mol. The molecule has 0 spiro atoms. The van der Waals surface area contributed by atoms with Crippen LogP contribution in [0.3, 0.4) is 0 Å². The van der Waals surface area contributed by atoms with E-state index in [1.54, 1.807) is 0 Å². The number of phosphoric ester groups is 2. The Balaban J connectivity index is 5.21. The zero-order chi connectivity index (χ0) is 67.9. The highest BCUT2D eigenvalue weighted by Crippen LogP contribution is 2.45. The quantitative estimate of drug-likeness (QED) is 0.0222. The number of esters is 4. The van der Waals surface area contributed by atoms with Gasteiger partial charge in [0.1, 0.15) is 19.3 Å². The molecule has 3 N–H and O–H groups in total. The minimum Gasteiger partial charge on any atom is -0.462 e. The molecule has 0 fully saturated rings. The predicted octanol–water partition coefficient (Wildman–Crippen LogP) is 21.2. The van der Waals surface area contributed by atoms with Gasteiger partial charge in [-0.05, 0) is 37.5 Å². The van der Waals surface area contributed by atoms with Crippen molar-refractivity contribution >= 4 is 39.5 Å². The van der Waals surface area contributed by atoms with Gasteiger partial charge in [0.2, 0.25) is 0 Å². The number of carbonyl (C=O) groups excluding carboxylic acids is 4. The van der Waals surface area contributed by atoms with E-state index in [1.807, 2.05) is 0 Å². The number of aliphatic hydroxyl groups excluding tert-OH is 1. The molecule has 0 aromatic carbocycles. The number of unbranched alkanes of at least 4 members (excludes halogenated alkanes) is 42. The van der Waals surface area contributed by atoms with E-state index in [4.69, 9.17) is 37.0 Å². The Labute approximate surface area is 562 Å². The van der Waals surface area contributed by atoms with Crippen LogP contribution in [0.5, 0.6) is 0 Å². The molecule has 17 nitrogen and oxygen atoms in total. The fourth-order valence-corrected chi connectivity index (χ4v) is 12.7. The summed E-state index contributed by atoms with van der Waals surface area (Å²) in [6, 6.07) is 0. The maximum Gasteiger partial charge on any atom is 0.472 e. The molecule has 0 radical (unpaired) electrons. The first-order valence-corrected chi connectivity index (χ1v) is 41.0. The SMILES string of the molecule is CCCCCCCCCCCCC(=O)OC[C@H](COP(=O)(O)OC[C@H](O)COP(=O)(O)OC[C@@H](COC(=O)CCCCCCCCCCCCC(C)C)OC(=O)CCCCCCCCCCCCCCCCCCC(C)C)OC(=O)CCCCCCCCCCCC. The maximum absolute atomic E-state index is 13.1. The van der Waals surface area contributed by atoms with E-state index in [-0.39, 0.29) is 25.7 Å². The molecule has 0 aliphatic rings. The fraction of sp³-hybridized carbons (Fsp3) is 0.945. The van der Waals surface area contributed by atoms with Gasteiger partial charge < -0.3 is 33.8 Å². The maximum atomic E-state index is 13.1. The van der Waals surface area contributed by atoms with Crippen molar-refractivity contribution in [2.45, 2.75) is 394 Å². The summed E-state index contributed by atoms with van der Waals surface area (Å²) in [7, 11) is -9.90. The van der Waals surface area contributed by atoms with Crippen molar-refractivity contribution in [3.63, 3.8) is 0 Å². The lowest BCUT2D eigenvalue weighted by Crippen LogP contribution is -2.30. The molecule has 0 aliphatic carbocycles. The minimum absolute atomic E-state index is 0.107. The van der Waals surface area contributed by atoms with Gasteiger partial charge in [0.15, 0.2) is 12.2 Å². The third kappa shape index (κ3) is 66.7. The van der Waals surface area contributed by atoms with Crippen molar-refractivity contribution in [1.29, 1.82) is 0 Å². The van der Waals surface area contributed by atoms with Gasteiger partial charge in [-0.25, -0.2) is 9.13 Å². The molecule has 5 atom stereocenters. The summed E-state index contributed by atoms with van der Waals surface area (Å²) >= 11 is 0. The van der Waals surface area contributed by atoms with Crippen LogP contribution in [0.25, 0.3) is 0 Å². The average Bonchev–Trinajstić information content (AvgIpc) is 1.50. The summed E-state index contributed by atoms with van der Waals surface area (Å²) in [5.41, 5.74) is 0. The van der Waals surface area contributed by atoms with Crippen LogP contribution in [0.15, 0.2) is 0 Å². The van der Waals surface area contributed by atoms with Crippen LogP contribution >= 0.6 is 15.6 Å². The molecule has 0 heterocycles. The fourth-order valence-electron chi connectivity index (χ4n) is 11.1. The first-order valence-electron chi connectivity index (χ1n) is 38.0. The summed E-state index contributed by atoms with van der Waals surface area (Å²) in [5.74, 6) is -0.552. The first-order chi connectivity index (χ1) is 44.4. The number of phosphoric acid groups is 2. The molecule has 0 aromatic rings. The Morgan fingerprint density at radius 1 is 0.293 bits per heavy atom. The third-order valence-corrected chi connectivity index (χ3v) is 18.9. The van der Waals surface area contributed by atoms with Gasteiger partial charge >= 0.3 is 39.5 Å². The van der Waals surface area contributed by atoms with E-state index >= 15 is 0 Å². The van der Waals surface area contributed by atoms with Gasteiger partial charge in [0, 0.05) is 25.7 Å². The molecular weight excluding hydrogens is 1210 g/mol. The summed E-state index contributed by atoms with van der Waals surface area (Å²) < 4.78 is 68.3. The highest BCUT2D eigenvalue weighted by Gasteiger charge is 2.30. The third-order valence-electron chi connectivity index (χ3n) is 17.0. The van der Waals surface area contributed by atoms with Crippen LogP contribution in [0, 0.1) is 11.8 Å². The van der Waals surface area contributed by atoms with Crippen LogP contribution in [-0.2, 0) is 65.4 Å². The Morgan fingerprint density at radius 2 is 0.500 bits per heavy atom. The van der Waals surface area contributed by atoms with E-state index in [0.717, 1.165) is 102 Å². The highest BCUT2D eigenvalue weighted by molar-refractivity contribution is 7.47. The lowest BCUT2D eigenvalue weighted by atomic mass is 10.0. The summed E-state index contributed by atoms with van der Waals surface area (Å²) in [4.78, 5) is 72.6. The molecule has 546 valence electrons. The predicted molar refractivity (Wildman–Crippen MR) is 372 cm³/mol. The molecule has 0 saturated heterocycles. The first kappa shape index (κ1) is 90.1. The van der Waals surface area contributed by atoms with Crippen LogP contribution in [0.1, 0.15) is 375 Å². The molecule has 92 heavy (non-hydrogen) atoms. The van der Waals surface area contributed by atoms with Gasteiger partial charge in [0.25, 0.3) is 0 Å². The molecule has 19 heteroatoms. The van der Waals surface area contributed by atoms with Gasteiger partial charge in [-0.3, -0.25) is 37.3 Å². The van der Waals surface area contributed by atoms with Crippen molar-refractivity contribution in [2.75, 3.05) is 39.6 Å². The second-order valence-electron chi connectivity index (χ2n) is 27.3. The number of ether oxygens (including phenoxy) is 4. The highest BCUT2D eigenvalue weighted by atomic mass is 31.2. The summed E-state index contributed by atoms with van der Waals surface area (Å²) in [6.07, 6.45) is 51.3. The molecule has 0 saturated carbocycles. The molecule has 0 bridgehead atoms. The van der Waals surface area contributed by atoms with Crippen LogP contribution in [-0.4, -0.2) is 96.7 Å². The molecule has 0 rings (SSSR count). The van der Waals surface area contributed by atoms with E-state index in [2.05, 4.69) is 41.5 Å². The van der Waals surface area contributed by atoms with Gasteiger partial charge in [-0.1, -0.05) is 324 Å². The summed E-state index contributed by atoms with van der Waals surface area (Å²) in [6.45, 7) is 9.58. The second-order valence-corrected chi connectivity index (χ2v) is 30.2. The van der Waals surface area contributed by atoms with Crippen molar-refractivity contribution in [2.24, 2.45) is 11.8 Å². The number of hydrogen-bond donors (Lipinski definition) is 3. The molecule has 2 unspecified atom stereocenters. The zero-order valence-corrected chi connectivity index (χ0v) is 61.6. The Bertz CT molecular complexity index is 1790. The smallest absolute Gasteiger partial charge is 0.462 e. The largest absolute Gasteiger partial charge is 0.472 e. The Hall–Kier alpha value is -1.94. The van der Waals surface area contributed by atoms with Gasteiger partial charge in [-0.2, -0.15) is 0 Å². The van der Waals surface area contributed by atoms with E-state index in [1.165, 1.54) is 193 Å². The Kier molecular flexibility index (Phi) is 63.7. The number of carbonyl (C=O) groups is 4. The van der Waals surface area contributed by atoms with E-state index in [0.29, 0.717) is 25.7 Å². The normalized spacial score (nSPS) is 14.1. The van der Waals surface area contributed by atoms with E-state index < -0.39 is 97.5 Å². The van der Waals surface area contributed by atoms with Gasteiger partial charge in [0.05, 0.1) is 26.4 Å². The molecule has 0 aromatic heterocycles. The standard InChI is InChI=1S/C73H142O17P2/c1-7-9-11-13-15-17-31-37-43-49-55-70(75)83-61-68(89-72(77)57-51-45-39-32-18-16-14-12-10-8-2)63-87-91(79,80)85-59-67(74)60-86-92(81,82)88-64-69(62-84-71(76)56-50-44-38-33-28-27-30-36-42-48-54-66(5)6)90-73(78)58-52-46-40-34-26-24-22-20-19-21-23-25-29-35-41-47-53-65(3)4/h65-69,74H,7-64H2,1-6H3,(H,79,80)(H,81,82)/t67-,68+,69+/m0/s1. The van der Waals surface area contributed by atoms with Crippen molar-refractivity contribution in [3.05, 3.63) is 0 Å². The number of rotatable bonds is 72. The van der Waals surface area contributed by atoms with Crippen molar-refractivity contribution < 1.29 is 80.2 Å². The minimum atomic E-state index is -4.95. The number of aliphatic hydroxyl groups is 1. The van der Waals surface area contributed by atoms with Crippen LogP contribution < -0.4 is 0 Å². The van der Waals surface area contributed by atoms with Crippen molar-refractivity contribution in [3.8, 4) is 0 Å². The lowest BCUT2D eigenvalue weighted by molar-refractivity contribution is -0.161. The lowest BCUT2D eigenvalue weighted by Gasteiger charge is -2.21. The van der Waals surface area contributed by atoms with E-state index in [9.17, 15) is 43.2 Å². The second kappa shape index (κ2) is 65.0. The average molecular weight is 1350 g/mol. The molecule has 0 amide bonds. The Morgan fingerprint density at radius 3 is 0.739 bits per heavy atom. The molecule has 0 aliphatic heterocycles. The molecular formula is C73H142O17P2. The van der Waals surface area contributed by atoms with Crippen LogP contribution in [0.2, 0.25) is 0 Å². The summed E-state index contributed by atoms with van der Waals surface area (Å²) in [5, 5.41) is 10.6. The zero-order valence-electron chi connectivity index (χ0n) is 59.9. The number of hydrogen-bond acceptors (Lipinski definition) is 15.